The molecule has 1 fully saturated rings. The van der Waals surface area contributed by atoms with Gasteiger partial charge in [0.15, 0.2) is 0 Å². The Balaban J connectivity index is 1.74. The third-order valence-corrected chi connectivity index (χ3v) is 5.33. The van der Waals surface area contributed by atoms with Gasteiger partial charge < -0.3 is 14.6 Å². The van der Waals surface area contributed by atoms with E-state index in [0.29, 0.717) is 18.8 Å². The quantitative estimate of drug-likeness (QED) is 0.772. The number of carbonyl (C=O) groups is 2. The molecule has 0 aliphatic carbocycles. The zero-order valence-corrected chi connectivity index (χ0v) is 15.3. The molecule has 3 aromatic rings. The second-order valence-corrected chi connectivity index (χ2v) is 7.06. The summed E-state index contributed by atoms with van der Waals surface area (Å²) in [5, 5.41) is 9.33. The van der Waals surface area contributed by atoms with E-state index in [0.717, 1.165) is 27.8 Å². The first-order valence-corrected chi connectivity index (χ1v) is 8.99. The summed E-state index contributed by atoms with van der Waals surface area (Å²) in [7, 11) is 0. The maximum absolute atomic E-state index is 12.7. The Morgan fingerprint density at radius 3 is 2.74 bits per heavy atom. The molecule has 6 heteroatoms. The van der Waals surface area contributed by atoms with E-state index in [4.69, 9.17) is 0 Å². The van der Waals surface area contributed by atoms with Crippen LogP contribution in [0.1, 0.15) is 29.3 Å². The zero-order valence-electron chi connectivity index (χ0n) is 15.3. The van der Waals surface area contributed by atoms with Crippen molar-refractivity contribution >= 4 is 28.6 Å². The SMILES string of the molecule is Cc1cccc(N2CC(c3nc4ccccc4n3CC(=O)O)CC2=O)c1C. The first-order chi connectivity index (χ1) is 13.0. The summed E-state index contributed by atoms with van der Waals surface area (Å²) in [6.45, 7) is 4.39. The van der Waals surface area contributed by atoms with Crippen LogP contribution in [0.3, 0.4) is 0 Å². The molecule has 1 unspecified atom stereocenters. The molecule has 0 radical (unpaired) electrons. The van der Waals surface area contributed by atoms with E-state index in [1.807, 2.05) is 56.3 Å². The minimum Gasteiger partial charge on any atom is -0.480 e. The van der Waals surface area contributed by atoms with Crippen molar-refractivity contribution in [1.82, 2.24) is 9.55 Å². The van der Waals surface area contributed by atoms with Gasteiger partial charge in [-0.3, -0.25) is 9.59 Å². The van der Waals surface area contributed by atoms with Crippen LogP contribution in [0, 0.1) is 13.8 Å². The number of amides is 1. The summed E-state index contributed by atoms with van der Waals surface area (Å²) in [5.41, 5.74) is 4.69. The van der Waals surface area contributed by atoms with Crippen molar-refractivity contribution in [2.45, 2.75) is 32.7 Å². The highest BCUT2D eigenvalue weighted by atomic mass is 16.4. The van der Waals surface area contributed by atoms with E-state index >= 15 is 0 Å². The fourth-order valence-corrected chi connectivity index (χ4v) is 3.85. The number of carboxylic acids is 1. The molecule has 0 bridgehead atoms. The summed E-state index contributed by atoms with van der Waals surface area (Å²) in [5.74, 6) is -0.346. The van der Waals surface area contributed by atoms with E-state index in [2.05, 4.69) is 4.98 Å². The van der Waals surface area contributed by atoms with Gasteiger partial charge in [0.05, 0.1) is 11.0 Å². The zero-order chi connectivity index (χ0) is 19.1. The molecule has 138 valence electrons. The van der Waals surface area contributed by atoms with Gasteiger partial charge >= 0.3 is 5.97 Å². The molecule has 0 spiro atoms. The third-order valence-electron chi connectivity index (χ3n) is 5.33. The standard InChI is InChI=1S/C21H21N3O3/c1-13-6-5-9-17(14(13)2)23-11-15(10-19(23)25)21-22-16-7-3-4-8-18(16)24(21)12-20(26)27/h3-9,15H,10-12H2,1-2H3,(H,26,27). The van der Waals surface area contributed by atoms with Crippen LogP contribution in [0.15, 0.2) is 42.5 Å². The number of para-hydroxylation sites is 2. The number of anilines is 1. The highest BCUT2D eigenvalue weighted by Gasteiger charge is 2.35. The van der Waals surface area contributed by atoms with Crippen molar-refractivity contribution in [1.29, 1.82) is 0 Å². The number of aliphatic carboxylic acids is 1. The lowest BCUT2D eigenvalue weighted by atomic mass is 10.1. The van der Waals surface area contributed by atoms with Crippen LogP contribution in [0.2, 0.25) is 0 Å². The molecule has 0 saturated carbocycles. The molecule has 1 saturated heterocycles. The van der Waals surface area contributed by atoms with Crippen LogP contribution in [-0.4, -0.2) is 33.1 Å². The number of benzene rings is 2. The minimum absolute atomic E-state index is 0.0441. The molecule has 2 heterocycles. The highest BCUT2D eigenvalue weighted by molar-refractivity contribution is 5.97. The number of nitrogens with zero attached hydrogens (tertiary/aromatic N) is 3. The van der Waals surface area contributed by atoms with Crippen molar-refractivity contribution in [2.75, 3.05) is 11.4 Å². The smallest absolute Gasteiger partial charge is 0.323 e. The number of carbonyl (C=O) groups excluding carboxylic acids is 1. The highest BCUT2D eigenvalue weighted by Crippen LogP contribution is 2.35. The van der Waals surface area contributed by atoms with E-state index in [9.17, 15) is 14.7 Å². The van der Waals surface area contributed by atoms with Gasteiger partial charge in [-0.15, -0.1) is 0 Å². The second kappa shape index (κ2) is 6.54. The molecule has 27 heavy (non-hydrogen) atoms. The minimum atomic E-state index is -0.921. The molecule has 1 N–H and O–H groups in total. The van der Waals surface area contributed by atoms with Gasteiger partial charge in [0.1, 0.15) is 12.4 Å². The largest absolute Gasteiger partial charge is 0.480 e. The third kappa shape index (κ3) is 2.97. The summed E-state index contributed by atoms with van der Waals surface area (Å²) in [6, 6.07) is 13.4. The molecular weight excluding hydrogens is 342 g/mol. The van der Waals surface area contributed by atoms with Crippen molar-refractivity contribution in [2.24, 2.45) is 0 Å². The first kappa shape index (κ1) is 17.3. The van der Waals surface area contributed by atoms with Crippen LogP contribution >= 0.6 is 0 Å². The maximum atomic E-state index is 12.7. The number of rotatable bonds is 4. The summed E-state index contributed by atoms with van der Waals surface area (Å²) >= 11 is 0. The molecule has 1 amide bonds. The van der Waals surface area contributed by atoms with Gasteiger partial charge in [0.25, 0.3) is 0 Å². The topological polar surface area (TPSA) is 75.4 Å². The Morgan fingerprint density at radius 2 is 1.96 bits per heavy atom. The van der Waals surface area contributed by atoms with Gasteiger partial charge in [-0.25, -0.2) is 4.98 Å². The van der Waals surface area contributed by atoms with E-state index < -0.39 is 5.97 Å². The molecule has 1 aromatic heterocycles. The fraction of sp³-hybridized carbons (Fsp3) is 0.286. The van der Waals surface area contributed by atoms with Crippen LogP contribution in [0.4, 0.5) is 5.69 Å². The molecule has 1 atom stereocenters. The van der Waals surface area contributed by atoms with Crippen molar-refractivity contribution in [3.05, 3.63) is 59.4 Å². The molecule has 1 aliphatic heterocycles. The van der Waals surface area contributed by atoms with E-state index in [1.54, 1.807) is 9.47 Å². The first-order valence-electron chi connectivity index (χ1n) is 8.99. The Morgan fingerprint density at radius 1 is 1.19 bits per heavy atom. The van der Waals surface area contributed by atoms with Crippen LogP contribution in [-0.2, 0) is 16.1 Å². The number of aryl methyl sites for hydroxylation is 1. The van der Waals surface area contributed by atoms with Crippen molar-refractivity contribution in [3.63, 3.8) is 0 Å². The molecule has 4 rings (SSSR count). The van der Waals surface area contributed by atoms with Crippen molar-refractivity contribution < 1.29 is 14.7 Å². The number of fused-ring (bicyclic) bond motifs is 1. The Bertz CT molecular complexity index is 1050. The van der Waals surface area contributed by atoms with E-state index in [-0.39, 0.29) is 18.4 Å². The Labute approximate surface area is 157 Å². The normalized spacial score (nSPS) is 17.0. The van der Waals surface area contributed by atoms with Crippen LogP contribution < -0.4 is 4.90 Å². The number of imidazole rings is 1. The van der Waals surface area contributed by atoms with Crippen molar-refractivity contribution in [3.8, 4) is 0 Å². The Hall–Kier alpha value is -3.15. The van der Waals surface area contributed by atoms with Gasteiger partial charge in [-0.1, -0.05) is 24.3 Å². The molecule has 2 aromatic carbocycles. The maximum Gasteiger partial charge on any atom is 0.323 e. The van der Waals surface area contributed by atoms with Gasteiger partial charge in [-0.05, 0) is 43.2 Å². The summed E-state index contributed by atoms with van der Waals surface area (Å²) in [4.78, 5) is 30.6. The van der Waals surface area contributed by atoms with E-state index in [1.165, 1.54) is 0 Å². The lowest BCUT2D eigenvalue weighted by molar-refractivity contribution is -0.137. The van der Waals surface area contributed by atoms with Gasteiger partial charge in [0, 0.05) is 24.6 Å². The lowest BCUT2D eigenvalue weighted by Gasteiger charge is -2.20. The number of hydrogen-bond acceptors (Lipinski definition) is 3. The number of carboxylic acid groups (broad SMARTS) is 1. The van der Waals surface area contributed by atoms with Crippen LogP contribution in [0.5, 0.6) is 0 Å². The average Bonchev–Trinajstić information content (AvgIpc) is 3.18. The predicted molar refractivity (Wildman–Crippen MR) is 103 cm³/mol. The van der Waals surface area contributed by atoms with Gasteiger partial charge in [-0.2, -0.15) is 0 Å². The monoisotopic (exact) mass is 363 g/mol. The summed E-state index contributed by atoms with van der Waals surface area (Å²) in [6.07, 6.45) is 0.330. The molecule has 1 aliphatic rings. The predicted octanol–water partition coefficient (Wildman–Crippen LogP) is 3.26. The molecule has 6 nitrogen and oxygen atoms in total. The number of aromatic nitrogens is 2. The lowest BCUT2D eigenvalue weighted by Crippen LogP contribution is -2.25. The Kier molecular flexibility index (Phi) is 4.18. The fourth-order valence-electron chi connectivity index (χ4n) is 3.85. The van der Waals surface area contributed by atoms with Gasteiger partial charge in [0.2, 0.25) is 5.91 Å². The summed E-state index contributed by atoms with van der Waals surface area (Å²) < 4.78 is 1.72. The molecular formula is C21H21N3O3. The van der Waals surface area contributed by atoms with Crippen LogP contribution in [0.25, 0.3) is 11.0 Å². The number of hydrogen-bond donors (Lipinski definition) is 1. The average molecular weight is 363 g/mol. The second-order valence-electron chi connectivity index (χ2n) is 7.06.